The number of carbonyl (C=O) groups excluding carboxylic acids is 1. The predicted octanol–water partition coefficient (Wildman–Crippen LogP) is 2.56. The van der Waals surface area contributed by atoms with E-state index in [4.69, 9.17) is 0 Å². The van der Waals surface area contributed by atoms with Gasteiger partial charge in [-0.1, -0.05) is 17.7 Å². The molecule has 3 rings (SSSR count). The Morgan fingerprint density at radius 3 is 2.55 bits per heavy atom. The second-order valence-electron chi connectivity index (χ2n) is 5.46. The highest BCUT2D eigenvalue weighted by Gasteiger charge is 2.37. The van der Waals surface area contributed by atoms with Gasteiger partial charge in [0.2, 0.25) is 0 Å². The first kappa shape index (κ1) is 14.7. The Morgan fingerprint density at radius 2 is 1.86 bits per heavy atom. The van der Waals surface area contributed by atoms with Crippen molar-refractivity contribution in [2.24, 2.45) is 0 Å². The van der Waals surface area contributed by atoms with Gasteiger partial charge in [-0.25, -0.2) is 8.42 Å². The third kappa shape index (κ3) is 2.29. The molecule has 2 heterocycles. The third-order valence-corrected chi connectivity index (χ3v) is 5.69. The molecule has 0 N–H and O–H groups in total. The van der Waals surface area contributed by atoms with Gasteiger partial charge in [0, 0.05) is 12.6 Å². The van der Waals surface area contributed by atoms with Gasteiger partial charge in [0.15, 0.2) is 5.78 Å². The van der Waals surface area contributed by atoms with Crippen molar-refractivity contribution in [3.05, 3.63) is 53.9 Å². The molecule has 1 aromatic carbocycles. The lowest BCUT2D eigenvalue weighted by Gasteiger charge is -2.34. The van der Waals surface area contributed by atoms with Gasteiger partial charge in [0.1, 0.15) is 5.69 Å². The second-order valence-corrected chi connectivity index (χ2v) is 7.28. The summed E-state index contributed by atoms with van der Waals surface area (Å²) < 4.78 is 27.2. The first-order valence-electron chi connectivity index (χ1n) is 7.00. The van der Waals surface area contributed by atoms with E-state index in [9.17, 15) is 13.2 Å². The van der Waals surface area contributed by atoms with Gasteiger partial charge in [-0.15, -0.1) is 0 Å². The van der Waals surface area contributed by atoms with Crippen LogP contribution >= 0.6 is 0 Å². The monoisotopic (exact) mass is 316 g/mol. The molecule has 0 fully saturated rings. The molecule has 1 unspecified atom stereocenters. The fourth-order valence-electron chi connectivity index (χ4n) is 2.66. The number of ketones is 1. The first-order chi connectivity index (χ1) is 10.4. The van der Waals surface area contributed by atoms with Crippen LogP contribution in [0, 0.1) is 6.92 Å². The van der Waals surface area contributed by atoms with E-state index in [2.05, 4.69) is 4.98 Å². The molecule has 114 valence electrons. The summed E-state index contributed by atoms with van der Waals surface area (Å²) in [6.07, 6.45) is 1.64. The quantitative estimate of drug-likeness (QED) is 0.854. The molecule has 1 atom stereocenters. The number of aryl methyl sites for hydroxylation is 1. The lowest BCUT2D eigenvalue weighted by atomic mass is 10.0. The van der Waals surface area contributed by atoms with Gasteiger partial charge in [-0.3, -0.25) is 14.1 Å². The van der Waals surface area contributed by atoms with E-state index in [1.54, 1.807) is 43.3 Å². The largest absolute Gasteiger partial charge is 0.292 e. The molecule has 1 aromatic heterocycles. The molecule has 1 aliphatic heterocycles. The highest BCUT2D eigenvalue weighted by molar-refractivity contribution is 7.92. The van der Waals surface area contributed by atoms with Gasteiger partial charge in [-0.2, -0.15) is 0 Å². The Hall–Kier alpha value is -2.21. The average Bonchev–Trinajstić information content (AvgIpc) is 2.47. The minimum atomic E-state index is -3.72. The standard InChI is InChI=1S/C16H16N2O3S/c1-11-5-7-13(8-6-11)22(20,21)18-12(2)10-15(19)16-14(18)4-3-9-17-16/h3-9,12H,10H2,1-2H3. The second kappa shape index (κ2) is 5.21. The Kier molecular flexibility index (Phi) is 3.48. The maximum Gasteiger partial charge on any atom is 0.264 e. The Balaban J connectivity index is 2.16. The number of rotatable bonds is 2. The number of fused-ring (bicyclic) bond motifs is 1. The molecule has 0 saturated carbocycles. The number of hydrogen-bond donors (Lipinski definition) is 0. The summed E-state index contributed by atoms with van der Waals surface area (Å²) in [5.74, 6) is -0.126. The van der Waals surface area contributed by atoms with Gasteiger partial charge >= 0.3 is 0 Å². The fourth-order valence-corrected chi connectivity index (χ4v) is 4.33. The molecule has 6 heteroatoms. The van der Waals surface area contributed by atoms with Crippen molar-refractivity contribution in [2.45, 2.75) is 31.2 Å². The van der Waals surface area contributed by atoms with Crippen LogP contribution in [0.1, 0.15) is 29.4 Å². The highest BCUT2D eigenvalue weighted by Crippen LogP contribution is 2.34. The van der Waals surface area contributed by atoms with Gasteiger partial charge in [0.25, 0.3) is 10.0 Å². The Labute approximate surface area is 129 Å². The molecule has 22 heavy (non-hydrogen) atoms. The van der Waals surface area contributed by atoms with Crippen molar-refractivity contribution < 1.29 is 13.2 Å². The molecule has 0 amide bonds. The summed E-state index contributed by atoms with van der Waals surface area (Å²) in [5, 5.41) is 0. The summed E-state index contributed by atoms with van der Waals surface area (Å²) >= 11 is 0. The van der Waals surface area contributed by atoms with E-state index in [1.165, 1.54) is 10.5 Å². The molecule has 0 radical (unpaired) electrons. The normalized spacial score (nSPS) is 18.2. The lowest BCUT2D eigenvalue weighted by molar-refractivity contribution is 0.0967. The van der Waals surface area contributed by atoms with Crippen LogP contribution in [0.4, 0.5) is 5.69 Å². The van der Waals surface area contributed by atoms with E-state index in [1.807, 2.05) is 6.92 Å². The molecular formula is C16H16N2O3S. The smallest absolute Gasteiger partial charge is 0.264 e. The number of nitrogens with zero attached hydrogens (tertiary/aromatic N) is 2. The molecular weight excluding hydrogens is 300 g/mol. The minimum absolute atomic E-state index is 0.126. The van der Waals surface area contributed by atoms with Crippen molar-refractivity contribution in [3.8, 4) is 0 Å². The molecule has 5 nitrogen and oxygen atoms in total. The van der Waals surface area contributed by atoms with Gasteiger partial charge < -0.3 is 0 Å². The number of aromatic nitrogens is 1. The van der Waals surface area contributed by atoms with Gasteiger partial charge in [-0.05, 0) is 38.1 Å². The van der Waals surface area contributed by atoms with Crippen molar-refractivity contribution in [1.29, 1.82) is 0 Å². The van der Waals surface area contributed by atoms with Crippen LogP contribution in [-0.2, 0) is 10.0 Å². The Bertz CT molecular complexity index is 829. The fraction of sp³-hybridized carbons (Fsp3) is 0.250. The zero-order valence-electron chi connectivity index (χ0n) is 12.4. The van der Waals surface area contributed by atoms with Crippen LogP contribution in [0.5, 0.6) is 0 Å². The average molecular weight is 316 g/mol. The third-order valence-electron chi connectivity index (χ3n) is 3.75. The van der Waals surface area contributed by atoms with E-state index in [0.717, 1.165) is 5.56 Å². The molecule has 2 aromatic rings. The summed E-state index contributed by atoms with van der Waals surface area (Å²) in [4.78, 5) is 16.3. The number of benzene rings is 1. The summed E-state index contributed by atoms with van der Waals surface area (Å²) in [7, 11) is -3.72. The number of pyridine rings is 1. The molecule has 0 spiro atoms. The molecule has 1 aliphatic rings. The van der Waals surface area contributed by atoms with E-state index < -0.39 is 16.1 Å². The Morgan fingerprint density at radius 1 is 1.18 bits per heavy atom. The van der Waals surface area contributed by atoms with Crippen LogP contribution in [-0.4, -0.2) is 25.2 Å². The van der Waals surface area contributed by atoms with Crippen molar-refractivity contribution in [1.82, 2.24) is 4.98 Å². The van der Waals surface area contributed by atoms with Crippen molar-refractivity contribution >= 4 is 21.5 Å². The number of carbonyl (C=O) groups is 1. The van der Waals surface area contributed by atoms with Gasteiger partial charge in [0.05, 0.1) is 16.6 Å². The predicted molar refractivity (Wildman–Crippen MR) is 83.5 cm³/mol. The minimum Gasteiger partial charge on any atom is -0.292 e. The zero-order chi connectivity index (χ0) is 15.9. The van der Waals surface area contributed by atoms with Crippen molar-refractivity contribution in [2.75, 3.05) is 4.31 Å². The zero-order valence-corrected chi connectivity index (χ0v) is 13.2. The maximum atomic E-state index is 13.0. The molecule has 0 bridgehead atoms. The first-order valence-corrected chi connectivity index (χ1v) is 8.44. The summed E-state index contributed by atoms with van der Waals surface area (Å²) in [5.41, 5.74) is 1.56. The SMILES string of the molecule is Cc1ccc(S(=O)(=O)N2c3cccnc3C(=O)CC2C)cc1. The number of anilines is 1. The maximum absolute atomic E-state index is 13.0. The number of sulfonamides is 1. The van der Waals surface area contributed by atoms with Crippen LogP contribution in [0.2, 0.25) is 0 Å². The number of hydrogen-bond acceptors (Lipinski definition) is 4. The lowest BCUT2D eigenvalue weighted by Crippen LogP contribution is -2.44. The van der Waals surface area contributed by atoms with E-state index >= 15 is 0 Å². The van der Waals surface area contributed by atoms with E-state index in [0.29, 0.717) is 5.69 Å². The van der Waals surface area contributed by atoms with Crippen LogP contribution in [0.25, 0.3) is 0 Å². The summed E-state index contributed by atoms with van der Waals surface area (Å²) in [6, 6.07) is 9.53. The van der Waals surface area contributed by atoms with E-state index in [-0.39, 0.29) is 22.8 Å². The van der Waals surface area contributed by atoms with Crippen LogP contribution in [0.15, 0.2) is 47.5 Å². The molecule has 0 saturated heterocycles. The van der Waals surface area contributed by atoms with Crippen LogP contribution in [0.3, 0.4) is 0 Å². The van der Waals surface area contributed by atoms with Crippen LogP contribution < -0.4 is 4.31 Å². The summed E-state index contributed by atoms with van der Waals surface area (Å²) in [6.45, 7) is 3.64. The number of Topliss-reactive ketones (excluding diaryl/α,β-unsaturated/α-hetero) is 1. The van der Waals surface area contributed by atoms with Crippen molar-refractivity contribution in [3.63, 3.8) is 0 Å². The molecule has 0 aliphatic carbocycles. The topological polar surface area (TPSA) is 67.3 Å². The highest BCUT2D eigenvalue weighted by atomic mass is 32.2.